The molecule has 0 radical (unpaired) electrons. The number of nitrogens with zero attached hydrogens (tertiary/aromatic N) is 1. The Bertz CT molecular complexity index is 893. The predicted molar refractivity (Wildman–Crippen MR) is 96.5 cm³/mol. The first-order valence-corrected chi connectivity index (χ1v) is 8.76. The smallest absolute Gasteiger partial charge is 0.331 e. The van der Waals surface area contributed by atoms with Gasteiger partial charge in [-0.2, -0.15) is 0 Å². The minimum absolute atomic E-state index is 0.105. The van der Waals surface area contributed by atoms with Crippen LogP contribution in [0.5, 0.6) is 0 Å². The number of hydrogen-bond donors (Lipinski definition) is 1. The van der Waals surface area contributed by atoms with Gasteiger partial charge in [0, 0.05) is 12.5 Å². The highest BCUT2D eigenvalue weighted by Crippen LogP contribution is 2.39. The van der Waals surface area contributed by atoms with Gasteiger partial charge < -0.3 is 9.47 Å². The van der Waals surface area contributed by atoms with E-state index in [1.165, 1.54) is 6.08 Å². The van der Waals surface area contributed by atoms with Gasteiger partial charge in [0.25, 0.3) is 5.91 Å². The molecule has 4 rings (SSSR count). The summed E-state index contributed by atoms with van der Waals surface area (Å²) in [6.07, 6.45) is 3.44. The van der Waals surface area contributed by atoms with Crippen LogP contribution in [0, 0.1) is 0 Å². The summed E-state index contributed by atoms with van der Waals surface area (Å²) in [4.78, 5) is 23.6. The lowest BCUT2D eigenvalue weighted by Crippen LogP contribution is -2.45. The van der Waals surface area contributed by atoms with E-state index >= 15 is 0 Å². The Hall–Kier alpha value is -2.96. The molecule has 6 heteroatoms. The summed E-state index contributed by atoms with van der Waals surface area (Å²) in [6, 6.07) is 14.7. The molecule has 2 unspecified atom stereocenters. The van der Waals surface area contributed by atoms with Crippen molar-refractivity contribution in [3.05, 3.63) is 76.9 Å². The number of morpholine rings is 1. The Morgan fingerprint density at radius 2 is 2.07 bits per heavy atom. The molecule has 6 nitrogen and oxygen atoms in total. The number of hydrogen-bond acceptors (Lipinski definition) is 5. The molecule has 0 bridgehead atoms. The van der Waals surface area contributed by atoms with E-state index in [2.05, 4.69) is 0 Å². The normalized spacial score (nSPS) is 21.2. The molecule has 1 saturated heterocycles. The quantitative estimate of drug-likeness (QED) is 0.512. The molecule has 2 aromatic rings. The number of carbonyl (C=O) groups excluding carboxylic acids is 2. The van der Waals surface area contributed by atoms with Crippen LogP contribution in [0.2, 0.25) is 0 Å². The van der Waals surface area contributed by atoms with Crippen molar-refractivity contribution in [3.63, 3.8) is 0 Å². The summed E-state index contributed by atoms with van der Waals surface area (Å²) in [6.45, 7) is 0.114. The van der Waals surface area contributed by atoms with Gasteiger partial charge in [-0.05, 0) is 34.4 Å². The molecule has 1 heterocycles. The zero-order valence-electron chi connectivity index (χ0n) is 14.6. The number of amides is 1. The largest absolute Gasteiger partial charge is 0.458 e. The lowest BCUT2D eigenvalue weighted by Gasteiger charge is -2.33. The van der Waals surface area contributed by atoms with Gasteiger partial charge >= 0.3 is 5.97 Å². The van der Waals surface area contributed by atoms with Crippen LogP contribution in [0.1, 0.15) is 28.3 Å². The Kier molecular flexibility index (Phi) is 4.75. The Labute approximate surface area is 156 Å². The minimum atomic E-state index is -0.500. The minimum Gasteiger partial charge on any atom is -0.458 e. The number of fused-ring (bicyclic) bond motifs is 3. The van der Waals surface area contributed by atoms with Crippen molar-refractivity contribution in [1.29, 1.82) is 0 Å². The molecular weight excluding hydrogens is 346 g/mol. The topological polar surface area (TPSA) is 76.1 Å². The van der Waals surface area contributed by atoms with Crippen LogP contribution < -0.4 is 0 Å². The average molecular weight is 365 g/mol. The second kappa shape index (κ2) is 7.34. The van der Waals surface area contributed by atoms with Crippen LogP contribution in [-0.2, 0) is 32.1 Å². The standard InChI is InChI=1S/C21H19NO5/c23-19-13-26-18-11-16-8-6-14(10-17(16)21(18)22(19)25)7-9-20(24)27-12-15-4-2-1-3-5-15/h1-10,18,21,25H,11-13H2. The Balaban J connectivity index is 1.44. The van der Waals surface area contributed by atoms with Gasteiger partial charge in [0.2, 0.25) is 0 Å². The Morgan fingerprint density at radius 3 is 2.89 bits per heavy atom. The summed E-state index contributed by atoms with van der Waals surface area (Å²) in [7, 11) is 0. The third kappa shape index (κ3) is 3.63. The van der Waals surface area contributed by atoms with Crippen LogP contribution in [0.15, 0.2) is 54.6 Å². The SMILES string of the molecule is O=C(C=Cc1ccc2c(c1)C1C(C2)OCC(=O)N1O)OCc1ccccc1. The fourth-order valence-electron chi connectivity index (χ4n) is 3.49. The van der Waals surface area contributed by atoms with E-state index in [4.69, 9.17) is 9.47 Å². The summed E-state index contributed by atoms with van der Waals surface area (Å²) in [5.74, 6) is -0.883. The zero-order chi connectivity index (χ0) is 18.8. The maximum atomic E-state index is 11.9. The number of benzene rings is 2. The fraction of sp³-hybridized carbons (Fsp3) is 0.238. The summed E-state index contributed by atoms with van der Waals surface area (Å²) < 4.78 is 10.8. The predicted octanol–water partition coefficient (Wildman–Crippen LogP) is 2.66. The lowest BCUT2D eigenvalue weighted by molar-refractivity contribution is -0.212. The zero-order valence-corrected chi connectivity index (χ0v) is 14.6. The number of esters is 1. The van der Waals surface area contributed by atoms with Gasteiger partial charge in [-0.3, -0.25) is 10.0 Å². The molecule has 2 aliphatic rings. The average Bonchev–Trinajstić information content (AvgIpc) is 3.07. The van der Waals surface area contributed by atoms with Gasteiger partial charge in [-0.1, -0.05) is 42.5 Å². The molecule has 1 N–H and O–H groups in total. The van der Waals surface area contributed by atoms with E-state index in [1.54, 1.807) is 6.08 Å². The number of rotatable bonds is 4. The van der Waals surface area contributed by atoms with Crippen molar-refractivity contribution in [2.45, 2.75) is 25.2 Å². The van der Waals surface area contributed by atoms with E-state index in [0.29, 0.717) is 6.42 Å². The summed E-state index contributed by atoms with van der Waals surface area (Å²) in [5.41, 5.74) is 3.59. The molecule has 1 aliphatic heterocycles. The van der Waals surface area contributed by atoms with Crippen LogP contribution >= 0.6 is 0 Å². The number of carbonyl (C=O) groups is 2. The molecule has 0 aromatic heterocycles. The van der Waals surface area contributed by atoms with Gasteiger partial charge in [0.05, 0.1) is 6.10 Å². The highest BCUT2D eigenvalue weighted by molar-refractivity contribution is 5.87. The lowest BCUT2D eigenvalue weighted by atomic mass is 10.0. The van der Waals surface area contributed by atoms with Crippen molar-refractivity contribution in [2.75, 3.05) is 6.61 Å². The molecular formula is C21H19NO5. The van der Waals surface area contributed by atoms with Crippen molar-refractivity contribution in [1.82, 2.24) is 5.06 Å². The highest BCUT2D eigenvalue weighted by Gasteiger charge is 2.43. The van der Waals surface area contributed by atoms with E-state index in [1.807, 2.05) is 48.5 Å². The number of hydroxylamine groups is 2. The monoisotopic (exact) mass is 365 g/mol. The highest BCUT2D eigenvalue weighted by atomic mass is 16.6. The van der Waals surface area contributed by atoms with E-state index in [-0.39, 0.29) is 19.3 Å². The third-order valence-corrected chi connectivity index (χ3v) is 4.84. The molecule has 138 valence electrons. The first kappa shape index (κ1) is 17.5. The Morgan fingerprint density at radius 1 is 1.26 bits per heavy atom. The summed E-state index contributed by atoms with van der Waals surface area (Å²) >= 11 is 0. The second-order valence-corrected chi connectivity index (χ2v) is 6.62. The molecule has 1 aliphatic carbocycles. The molecule has 0 spiro atoms. The third-order valence-electron chi connectivity index (χ3n) is 4.84. The van der Waals surface area contributed by atoms with Crippen LogP contribution in [0.3, 0.4) is 0 Å². The van der Waals surface area contributed by atoms with Crippen molar-refractivity contribution >= 4 is 18.0 Å². The van der Waals surface area contributed by atoms with Gasteiger partial charge in [0.15, 0.2) is 0 Å². The van der Waals surface area contributed by atoms with Crippen LogP contribution in [0.25, 0.3) is 6.08 Å². The van der Waals surface area contributed by atoms with Crippen LogP contribution in [0.4, 0.5) is 0 Å². The number of ether oxygens (including phenoxy) is 2. The first-order valence-electron chi connectivity index (χ1n) is 8.76. The van der Waals surface area contributed by atoms with E-state index in [9.17, 15) is 14.8 Å². The maximum absolute atomic E-state index is 11.9. The van der Waals surface area contributed by atoms with E-state index < -0.39 is 17.9 Å². The molecule has 2 aromatic carbocycles. The van der Waals surface area contributed by atoms with Crippen molar-refractivity contribution < 1.29 is 24.3 Å². The summed E-state index contributed by atoms with van der Waals surface area (Å²) in [5, 5.41) is 10.9. The maximum Gasteiger partial charge on any atom is 0.331 e. The fourth-order valence-corrected chi connectivity index (χ4v) is 3.49. The molecule has 2 atom stereocenters. The van der Waals surface area contributed by atoms with Gasteiger partial charge in [-0.25, -0.2) is 9.86 Å². The molecule has 1 fully saturated rings. The second-order valence-electron chi connectivity index (χ2n) is 6.62. The molecule has 0 saturated carbocycles. The van der Waals surface area contributed by atoms with Gasteiger partial charge in [0.1, 0.15) is 19.3 Å². The molecule has 27 heavy (non-hydrogen) atoms. The van der Waals surface area contributed by atoms with Crippen LogP contribution in [-0.4, -0.2) is 34.9 Å². The molecule has 1 amide bonds. The van der Waals surface area contributed by atoms with Crippen molar-refractivity contribution in [3.8, 4) is 0 Å². The first-order chi connectivity index (χ1) is 13.1. The van der Waals surface area contributed by atoms with E-state index in [0.717, 1.165) is 27.3 Å². The van der Waals surface area contributed by atoms with Crippen molar-refractivity contribution in [2.24, 2.45) is 0 Å². The van der Waals surface area contributed by atoms with Gasteiger partial charge in [-0.15, -0.1) is 0 Å².